The third kappa shape index (κ3) is 2.29. The highest BCUT2D eigenvalue weighted by molar-refractivity contribution is 6.32. The van der Waals surface area contributed by atoms with Crippen molar-refractivity contribution in [1.82, 2.24) is 0 Å². The molecule has 1 heterocycles. The molecule has 0 aromatic heterocycles. The van der Waals surface area contributed by atoms with Crippen molar-refractivity contribution < 1.29 is 28.6 Å². The molecule has 0 bridgehead atoms. The summed E-state index contributed by atoms with van der Waals surface area (Å²) in [6.07, 6.45) is 0.849. The third-order valence-corrected chi connectivity index (χ3v) is 2.67. The standard InChI is InChI=1S/C13H13NO6/c1-2-7-18-9-5-3-8(4-6-9)13(12(14)17)19-10(15)11(16)20-13/h3-6H,2,7H2,1H3,(H2,14,17). The van der Waals surface area contributed by atoms with E-state index in [2.05, 4.69) is 0 Å². The lowest BCUT2D eigenvalue weighted by Crippen LogP contribution is -2.42. The first-order valence-electron chi connectivity index (χ1n) is 5.99. The first-order valence-corrected chi connectivity index (χ1v) is 5.99. The normalized spacial score (nSPS) is 16.4. The monoisotopic (exact) mass is 279 g/mol. The van der Waals surface area contributed by atoms with Crippen molar-refractivity contribution in [3.05, 3.63) is 29.8 Å². The summed E-state index contributed by atoms with van der Waals surface area (Å²) >= 11 is 0. The Morgan fingerprint density at radius 1 is 1.20 bits per heavy atom. The maximum atomic E-state index is 11.5. The fraction of sp³-hybridized carbons (Fsp3) is 0.308. The van der Waals surface area contributed by atoms with Gasteiger partial charge in [-0.2, -0.15) is 0 Å². The average molecular weight is 279 g/mol. The van der Waals surface area contributed by atoms with E-state index < -0.39 is 23.6 Å². The second-order valence-electron chi connectivity index (χ2n) is 4.13. The molecule has 2 N–H and O–H groups in total. The van der Waals surface area contributed by atoms with Crippen molar-refractivity contribution in [3.63, 3.8) is 0 Å². The lowest BCUT2D eigenvalue weighted by atomic mass is 10.1. The summed E-state index contributed by atoms with van der Waals surface area (Å²) in [5, 5.41) is 0. The Hall–Kier alpha value is -2.57. The molecule has 20 heavy (non-hydrogen) atoms. The zero-order valence-electron chi connectivity index (χ0n) is 10.8. The highest BCUT2D eigenvalue weighted by Gasteiger charge is 2.55. The molecule has 106 valence electrons. The molecule has 1 fully saturated rings. The number of ether oxygens (including phenoxy) is 3. The van der Waals surface area contributed by atoms with E-state index in [-0.39, 0.29) is 5.56 Å². The Morgan fingerprint density at radius 2 is 1.75 bits per heavy atom. The van der Waals surface area contributed by atoms with E-state index in [4.69, 9.17) is 19.9 Å². The highest BCUT2D eigenvalue weighted by atomic mass is 16.8. The number of cyclic esters (lactones) is 2. The van der Waals surface area contributed by atoms with Crippen LogP contribution in [0.1, 0.15) is 18.9 Å². The molecule has 1 saturated heterocycles. The van der Waals surface area contributed by atoms with Crippen LogP contribution in [-0.2, 0) is 29.6 Å². The van der Waals surface area contributed by atoms with Crippen LogP contribution in [0, 0.1) is 0 Å². The quantitative estimate of drug-likeness (QED) is 0.610. The van der Waals surface area contributed by atoms with Gasteiger partial charge in [0.25, 0.3) is 0 Å². The van der Waals surface area contributed by atoms with Crippen LogP contribution in [0.5, 0.6) is 5.75 Å². The minimum Gasteiger partial charge on any atom is -0.494 e. The number of esters is 2. The Labute approximate surface area is 114 Å². The summed E-state index contributed by atoms with van der Waals surface area (Å²) in [6, 6.07) is 6.02. The van der Waals surface area contributed by atoms with Gasteiger partial charge in [-0.1, -0.05) is 6.92 Å². The average Bonchev–Trinajstić information content (AvgIpc) is 2.74. The number of benzene rings is 1. The molecule has 0 radical (unpaired) electrons. The Bertz CT molecular complexity index is 534. The molecule has 7 heteroatoms. The number of nitrogens with two attached hydrogens (primary N) is 1. The van der Waals surface area contributed by atoms with Gasteiger partial charge in [0.15, 0.2) is 0 Å². The molecule has 1 amide bonds. The van der Waals surface area contributed by atoms with Crippen LogP contribution in [0.2, 0.25) is 0 Å². The van der Waals surface area contributed by atoms with E-state index in [9.17, 15) is 14.4 Å². The maximum absolute atomic E-state index is 11.5. The van der Waals surface area contributed by atoms with Crippen molar-refractivity contribution in [1.29, 1.82) is 0 Å². The minimum atomic E-state index is -2.20. The number of hydrogen-bond donors (Lipinski definition) is 1. The van der Waals surface area contributed by atoms with Gasteiger partial charge in [-0.25, -0.2) is 9.59 Å². The first-order chi connectivity index (χ1) is 9.49. The van der Waals surface area contributed by atoms with Gasteiger partial charge in [0, 0.05) is 5.56 Å². The van der Waals surface area contributed by atoms with Crippen LogP contribution in [0.25, 0.3) is 0 Å². The van der Waals surface area contributed by atoms with Crippen molar-refractivity contribution in [2.75, 3.05) is 6.61 Å². The van der Waals surface area contributed by atoms with Crippen molar-refractivity contribution in [2.45, 2.75) is 19.1 Å². The molecular weight excluding hydrogens is 266 g/mol. The zero-order chi connectivity index (χ0) is 14.8. The van der Waals surface area contributed by atoms with E-state index in [1.807, 2.05) is 6.92 Å². The number of hydrogen-bond acceptors (Lipinski definition) is 6. The number of primary amides is 1. The molecule has 2 rings (SSSR count). The molecule has 0 spiro atoms. The lowest BCUT2D eigenvalue weighted by molar-refractivity contribution is -0.191. The number of carbonyl (C=O) groups is 3. The Kier molecular flexibility index (Phi) is 3.60. The summed E-state index contributed by atoms with van der Waals surface area (Å²) in [5.74, 6) is -5.22. The highest BCUT2D eigenvalue weighted by Crippen LogP contribution is 2.33. The van der Waals surface area contributed by atoms with Crippen molar-refractivity contribution in [2.24, 2.45) is 5.73 Å². The molecule has 1 aliphatic heterocycles. The van der Waals surface area contributed by atoms with Crippen LogP contribution >= 0.6 is 0 Å². The van der Waals surface area contributed by atoms with Crippen LogP contribution in [0.4, 0.5) is 0 Å². The summed E-state index contributed by atoms with van der Waals surface area (Å²) < 4.78 is 14.8. The van der Waals surface area contributed by atoms with Crippen LogP contribution in [-0.4, -0.2) is 24.5 Å². The van der Waals surface area contributed by atoms with Gasteiger partial charge in [0.2, 0.25) is 0 Å². The third-order valence-electron chi connectivity index (χ3n) is 2.67. The minimum absolute atomic E-state index is 0.146. The molecule has 0 aliphatic carbocycles. The van der Waals surface area contributed by atoms with E-state index in [0.717, 1.165) is 6.42 Å². The summed E-state index contributed by atoms with van der Waals surface area (Å²) in [5.41, 5.74) is 5.33. The molecule has 0 atom stereocenters. The lowest BCUT2D eigenvalue weighted by Gasteiger charge is -2.22. The van der Waals surface area contributed by atoms with Crippen LogP contribution in [0.15, 0.2) is 24.3 Å². The van der Waals surface area contributed by atoms with E-state index >= 15 is 0 Å². The van der Waals surface area contributed by atoms with Gasteiger partial charge in [0.1, 0.15) is 5.75 Å². The van der Waals surface area contributed by atoms with E-state index in [0.29, 0.717) is 12.4 Å². The number of carbonyl (C=O) groups excluding carboxylic acids is 3. The Morgan fingerprint density at radius 3 is 2.20 bits per heavy atom. The van der Waals surface area contributed by atoms with Gasteiger partial charge in [-0.3, -0.25) is 4.79 Å². The molecule has 1 aromatic carbocycles. The van der Waals surface area contributed by atoms with Gasteiger partial charge in [0.05, 0.1) is 6.61 Å². The topological polar surface area (TPSA) is 105 Å². The summed E-state index contributed by atoms with van der Waals surface area (Å²) in [7, 11) is 0. The van der Waals surface area contributed by atoms with Crippen molar-refractivity contribution >= 4 is 17.8 Å². The molecule has 7 nitrogen and oxygen atoms in total. The SMILES string of the molecule is CCCOc1ccc(C2(C(N)=O)OC(=O)C(=O)O2)cc1. The smallest absolute Gasteiger partial charge is 0.421 e. The largest absolute Gasteiger partial charge is 0.494 e. The predicted molar refractivity (Wildman–Crippen MR) is 65.3 cm³/mol. The Balaban J connectivity index is 2.30. The van der Waals surface area contributed by atoms with Gasteiger partial charge in [-0.15, -0.1) is 0 Å². The zero-order valence-corrected chi connectivity index (χ0v) is 10.8. The maximum Gasteiger partial charge on any atom is 0.421 e. The second kappa shape index (κ2) is 5.20. The summed E-state index contributed by atoms with van der Waals surface area (Å²) in [6.45, 7) is 2.51. The molecule has 1 aromatic rings. The van der Waals surface area contributed by atoms with Gasteiger partial charge < -0.3 is 19.9 Å². The van der Waals surface area contributed by atoms with Crippen LogP contribution < -0.4 is 10.5 Å². The molecule has 1 aliphatic rings. The second-order valence-corrected chi connectivity index (χ2v) is 4.13. The predicted octanol–water partition coefficient (Wildman–Crippen LogP) is 0.213. The van der Waals surface area contributed by atoms with E-state index in [1.165, 1.54) is 12.1 Å². The first kappa shape index (κ1) is 13.9. The van der Waals surface area contributed by atoms with Gasteiger partial charge >= 0.3 is 23.6 Å². The molecular formula is C13H13NO6. The fourth-order valence-electron chi connectivity index (χ4n) is 1.72. The molecule has 0 unspecified atom stereocenters. The summed E-state index contributed by atoms with van der Waals surface area (Å²) in [4.78, 5) is 33.8. The van der Waals surface area contributed by atoms with E-state index in [1.54, 1.807) is 12.1 Å². The number of amides is 1. The van der Waals surface area contributed by atoms with Crippen molar-refractivity contribution in [3.8, 4) is 5.75 Å². The fourth-order valence-corrected chi connectivity index (χ4v) is 1.72. The number of rotatable bonds is 5. The van der Waals surface area contributed by atoms with Gasteiger partial charge in [-0.05, 0) is 30.7 Å². The molecule has 0 saturated carbocycles. The van der Waals surface area contributed by atoms with Crippen LogP contribution in [0.3, 0.4) is 0 Å².